The maximum absolute atomic E-state index is 11.9. The van der Waals surface area contributed by atoms with Crippen LogP contribution in [0.15, 0.2) is 10.9 Å². The van der Waals surface area contributed by atoms with Gasteiger partial charge in [-0.3, -0.25) is 9.59 Å². The van der Waals surface area contributed by atoms with Gasteiger partial charge in [-0.1, -0.05) is 13.8 Å². The molecule has 1 aromatic rings. The SMILES string of the molecule is CC(C)c1nc(NCCC(=O)N2CCCC2)cc(=O)[nH]1. The van der Waals surface area contributed by atoms with Crippen LogP contribution in [-0.2, 0) is 4.79 Å². The maximum atomic E-state index is 11.9. The Morgan fingerprint density at radius 1 is 1.45 bits per heavy atom. The molecule has 0 saturated carbocycles. The van der Waals surface area contributed by atoms with Gasteiger partial charge in [0, 0.05) is 38.0 Å². The standard InChI is InChI=1S/C14H22N4O2/c1-10(2)14-16-11(9-12(19)17-14)15-6-5-13(20)18-7-3-4-8-18/h9-10H,3-8H2,1-2H3,(H2,15,16,17,19). The van der Waals surface area contributed by atoms with Crippen LogP contribution in [0, 0.1) is 0 Å². The molecule has 0 aromatic carbocycles. The molecule has 1 saturated heterocycles. The van der Waals surface area contributed by atoms with Gasteiger partial charge in [0.1, 0.15) is 11.6 Å². The highest BCUT2D eigenvalue weighted by atomic mass is 16.2. The molecule has 1 amide bonds. The van der Waals surface area contributed by atoms with Crippen LogP contribution in [-0.4, -0.2) is 40.4 Å². The summed E-state index contributed by atoms with van der Waals surface area (Å²) < 4.78 is 0. The number of carbonyl (C=O) groups is 1. The second-order valence-corrected chi connectivity index (χ2v) is 5.44. The number of amides is 1. The molecule has 0 spiro atoms. The van der Waals surface area contributed by atoms with Crippen LogP contribution < -0.4 is 10.9 Å². The molecule has 20 heavy (non-hydrogen) atoms. The lowest BCUT2D eigenvalue weighted by molar-refractivity contribution is -0.129. The number of carbonyl (C=O) groups excluding carboxylic acids is 1. The molecule has 1 aliphatic rings. The summed E-state index contributed by atoms with van der Waals surface area (Å²) in [7, 11) is 0. The number of likely N-dealkylation sites (tertiary alicyclic amines) is 1. The number of aromatic amines is 1. The van der Waals surface area contributed by atoms with Gasteiger partial charge >= 0.3 is 0 Å². The highest BCUT2D eigenvalue weighted by Crippen LogP contribution is 2.10. The van der Waals surface area contributed by atoms with Crippen molar-refractivity contribution in [2.45, 2.75) is 39.0 Å². The molecule has 1 aliphatic heterocycles. The molecule has 0 aliphatic carbocycles. The molecule has 6 nitrogen and oxygen atoms in total. The highest BCUT2D eigenvalue weighted by molar-refractivity contribution is 5.76. The average molecular weight is 278 g/mol. The zero-order chi connectivity index (χ0) is 14.5. The molecular formula is C14H22N4O2. The summed E-state index contributed by atoms with van der Waals surface area (Å²) in [5, 5.41) is 3.06. The molecule has 2 N–H and O–H groups in total. The number of rotatable bonds is 5. The average Bonchev–Trinajstić information content (AvgIpc) is 2.91. The van der Waals surface area contributed by atoms with Gasteiger partial charge in [-0.25, -0.2) is 4.98 Å². The van der Waals surface area contributed by atoms with Crippen molar-refractivity contribution in [1.29, 1.82) is 0 Å². The van der Waals surface area contributed by atoms with Gasteiger partial charge in [-0.05, 0) is 12.8 Å². The lowest BCUT2D eigenvalue weighted by Crippen LogP contribution is -2.29. The van der Waals surface area contributed by atoms with E-state index >= 15 is 0 Å². The molecule has 0 atom stereocenters. The minimum atomic E-state index is -0.169. The summed E-state index contributed by atoms with van der Waals surface area (Å²) in [6, 6.07) is 1.42. The lowest BCUT2D eigenvalue weighted by Gasteiger charge is -2.15. The number of aromatic nitrogens is 2. The number of H-pyrrole nitrogens is 1. The molecule has 0 unspecified atom stereocenters. The van der Waals surface area contributed by atoms with Gasteiger partial charge in [0.25, 0.3) is 5.56 Å². The smallest absolute Gasteiger partial charge is 0.252 e. The highest BCUT2D eigenvalue weighted by Gasteiger charge is 2.17. The zero-order valence-electron chi connectivity index (χ0n) is 12.1. The van der Waals surface area contributed by atoms with Crippen molar-refractivity contribution >= 4 is 11.7 Å². The molecule has 0 bridgehead atoms. The van der Waals surface area contributed by atoms with E-state index in [2.05, 4.69) is 15.3 Å². The monoisotopic (exact) mass is 278 g/mol. The van der Waals surface area contributed by atoms with Crippen molar-refractivity contribution in [3.63, 3.8) is 0 Å². The molecular weight excluding hydrogens is 256 g/mol. The summed E-state index contributed by atoms with van der Waals surface area (Å²) in [5.41, 5.74) is -0.169. The van der Waals surface area contributed by atoms with Gasteiger partial charge in [-0.15, -0.1) is 0 Å². The van der Waals surface area contributed by atoms with Crippen LogP contribution in [0.3, 0.4) is 0 Å². The van der Waals surface area contributed by atoms with Crippen molar-refractivity contribution < 1.29 is 4.79 Å². The molecule has 0 radical (unpaired) electrons. The van der Waals surface area contributed by atoms with E-state index in [-0.39, 0.29) is 17.4 Å². The molecule has 1 fully saturated rings. The summed E-state index contributed by atoms with van der Waals surface area (Å²) >= 11 is 0. The van der Waals surface area contributed by atoms with Gasteiger partial charge in [0.2, 0.25) is 5.91 Å². The predicted octanol–water partition coefficient (Wildman–Crippen LogP) is 1.32. The van der Waals surface area contributed by atoms with Crippen molar-refractivity contribution in [3.8, 4) is 0 Å². The Kier molecular flexibility index (Phi) is 4.76. The summed E-state index contributed by atoms with van der Waals surface area (Å²) in [4.78, 5) is 32.3. The first-order valence-electron chi connectivity index (χ1n) is 7.19. The quantitative estimate of drug-likeness (QED) is 0.851. The third-order valence-corrected chi connectivity index (χ3v) is 3.41. The molecule has 110 valence electrons. The van der Waals surface area contributed by atoms with Crippen LogP contribution >= 0.6 is 0 Å². The van der Waals surface area contributed by atoms with Crippen molar-refractivity contribution in [2.75, 3.05) is 25.0 Å². The first kappa shape index (κ1) is 14.6. The van der Waals surface area contributed by atoms with E-state index in [0.29, 0.717) is 24.6 Å². The lowest BCUT2D eigenvalue weighted by atomic mass is 10.2. The Bertz CT molecular complexity index is 518. The Labute approximate surface area is 118 Å². The van der Waals surface area contributed by atoms with Crippen molar-refractivity contribution in [2.24, 2.45) is 0 Å². The third-order valence-electron chi connectivity index (χ3n) is 3.41. The predicted molar refractivity (Wildman–Crippen MR) is 77.9 cm³/mol. The third kappa shape index (κ3) is 3.82. The van der Waals surface area contributed by atoms with E-state index in [1.165, 1.54) is 6.07 Å². The van der Waals surface area contributed by atoms with Gasteiger partial charge in [0.05, 0.1) is 0 Å². The summed E-state index contributed by atoms with van der Waals surface area (Å²) in [6.07, 6.45) is 2.64. The summed E-state index contributed by atoms with van der Waals surface area (Å²) in [6.45, 7) is 6.19. The van der Waals surface area contributed by atoms with Crippen molar-refractivity contribution in [3.05, 3.63) is 22.2 Å². The van der Waals surface area contributed by atoms with E-state index < -0.39 is 0 Å². The fraction of sp³-hybridized carbons (Fsp3) is 0.643. The van der Waals surface area contributed by atoms with Crippen LogP contribution in [0.2, 0.25) is 0 Å². The van der Waals surface area contributed by atoms with Crippen LogP contribution in [0.5, 0.6) is 0 Å². The number of hydrogen-bond donors (Lipinski definition) is 2. The second kappa shape index (κ2) is 6.54. The van der Waals surface area contributed by atoms with Gasteiger partial charge in [0.15, 0.2) is 0 Å². The van der Waals surface area contributed by atoms with E-state index in [9.17, 15) is 9.59 Å². The van der Waals surface area contributed by atoms with Crippen LogP contribution in [0.1, 0.15) is 44.9 Å². The van der Waals surface area contributed by atoms with Gasteiger partial charge in [-0.2, -0.15) is 0 Å². The van der Waals surface area contributed by atoms with E-state index in [1.807, 2.05) is 18.7 Å². The number of nitrogens with one attached hydrogen (secondary N) is 2. The molecule has 6 heteroatoms. The van der Waals surface area contributed by atoms with E-state index in [1.54, 1.807) is 0 Å². The number of anilines is 1. The topological polar surface area (TPSA) is 78.1 Å². The number of hydrogen-bond acceptors (Lipinski definition) is 4. The second-order valence-electron chi connectivity index (χ2n) is 5.44. The number of nitrogens with zero attached hydrogens (tertiary/aromatic N) is 2. The Hall–Kier alpha value is -1.85. The fourth-order valence-corrected chi connectivity index (χ4v) is 2.26. The van der Waals surface area contributed by atoms with Crippen LogP contribution in [0.4, 0.5) is 5.82 Å². The normalized spacial score (nSPS) is 14.8. The molecule has 2 heterocycles. The zero-order valence-corrected chi connectivity index (χ0v) is 12.1. The van der Waals surface area contributed by atoms with E-state index in [4.69, 9.17) is 0 Å². The van der Waals surface area contributed by atoms with Crippen LogP contribution in [0.25, 0.3) is 0 Å². The van der Waals surface area contributed by atoms with Gasteiger partial charge < -0.3 is 15.2 Å². The minimum absolute atomic E-state index is 0.163. The Balaban J connectivity index is 1.87. The van der Waals surface area contributed by atoms with E-state index in [0.717, 1.165) is 25.9 Å². The summed E-state index contributed by atoms with van der Waals surface area (Å²) in [5.74, 6) is 1.53. The first-order valence-corrected chi connectivity index (χ1v) is 7.19. The molecule has 1 aromatic heterocycles. The molecule has 2 rings (SSSR count). The Morgan fingerprint density at radius 2 is 2.15 bits per heavy atom. The first-order chi connectivity index (χ1) is 9.56. The fourth-order valence-electron chi connectivity index (χ4n) is 2.26. The largest absolute Gasteiger partial charge is 0.369 e. The minimum Gasteiger partial charge on any atom is -0.369 e. The van der Waals surface area contributed by atoms with Crippen molar-refractivity contribution in [1.82, 2.24) is 14.9 Å². The Morgan fingerprint density at radius 3 is 2.80 bits per heavy atom. The maximum Gasteiger partial charge on any atom is 0.252 e.